The van der Waals surface area contributed by atoms with Crippen LogP contribution in [0, 0.1) is 0 Å². The quantitative estimate of drug-likeness (QED) is 0.462. The first-order valence-corrected chi connectivity index (χ1v) is 7.29. The number of nitrogens with one attached hydrogen (secondary N) is 1. The van der Waals surface area contributed by atoms with Crippen molar-refractivity contribution in [1.82, 2.24) is 0 Å². The summed E-state index contributed by atoms with van der Waals surface area (Å²) in [7, 11) is 0.521. The molecule has 0 aromatic heterocycles. The second-order valence-electron chi connectivity index (χ2n) is 3.82. The van der Waals surface area contributed by atoms with E-state index in [4.69, 9.17) is 10.5 Å². The van der Waals surface area contributed by atoms with E-state index < -0.39 is 16.8 Å². The van der Waals surface area contributed by atoms with Crippen molar-refractivity contribution in [1.29, 1.82) is 0 Å². The predicted molar refractivity (Wildman–Crippen MR) is 74.2 cm³/mol. The van der Waals surface area contributed by atoms with Gasteiger partial charge in [-0.15, -0.1) is 0 Å². The third-order valence-electron chi connectivity index (χ3n) is 2.41. The molecule has 1 aromatic carbocycles. The summed E-state index contributed by atoms with van der Waals surface area (Å²) in [6.45, 7) is 0.609. The number of hydrogen-bond donors (Lipinski definition) is 2. The van der Waals surface area contributed by atoms with Crippen molar-refractivity contribution < 1.29 is 13.7 Å². The average molecular weight is 270 g/mol. The van der Waals surface area contributed by atoms with Crippen LogP contribution < -0.4 is 11.1 Å². The summed E-state index contributed by atoms with van der Waals surface area (Å²) < 4.78 is 15.6. The topological polar surface area (TPSA) is 81.4 Å². The number of nitrogens with two attached hydrogens (primary N) is 1. The molecule has 0 amide bonds. The van der Waals surface area contributed by atoms with Crippen LogP contribution in [0.25, 0.3) is 0 Å². The van der Waals surface area contributed by atoms with Crippen LogP contribution in [-0.4, -0.2) is 35.8 Å². The van der Waals surface area contributed by atoms with Crippen molar-refractivity contribution in [3.05, 3.63) is 23.8 Å². The van der Waals surface area contributed by atoms with Gasteiger partial charge in [0.1, 0.15) is 0 Å². The molecular formula is C12H18N2O3S. The van der Waals surface area contributed by atoms with Crippen LogP contribution in [0.3, 0.4) is 0 Å². The Morgan fingerprint density at radius 1 is 1.50 bits per heavy atom. The van der Waals surface area contributed by atoms with Gasteiger partial charge in [-0.1, -0.05) is 6.07 Å². The maximum absolute atomic E-state index is 11.6. The summed E-state index contributed by atoms with van der Waals surface area (Å²) in [6.07, 6.45) is 2.41. The SMILES string of the molecule is COC(=O)c1cccc(N)c1NCCCS(C)=O. The van der Waals surface area contributed by atoms with E-state index >= 15 is 0 Å². The molecule has 1 aromatic rings. The number of hydrogen-bond acceptors (Lipinski definition) is 5. The minimum Gasteiger partial charge on any atom is -0.465 e. The lowest BCUT2D eigenvalue weighted by molar-refractivity contribution is 0.0602. The fraction of sp³-hybridized carbons (Fsp3) is 0.417. The molecule has 0 fully saturated rings. The normalized spacial score (nSPS) is 11.9. The van der Waals surface area contributed by atoms with E-state index in [9.17, 15) is 9.00 Å². The minimum atomic E-state index is -0.807. The zero-order valence-electron chi connectivity index (χ0n) is 10.6. The van der Waals surface area contributed by atoms with Gasteiger partial charge in [0.2, 0.25) is 0 Å². The van der Waals surface area contributed by atoms with Crippen molar-refractivity contribution in [2.24, 2.45) is 0 Å². The number of carbonyl (C=O) groups is 1. The van der Waals surface area contributed by atoms with Gasteiger partial charge in [-0.3, -0.25) is 4.21 Å². The summed E-state index contributed by atoms with van der Waals surface area (Å²) in [5, 5.41) is 3.09. The standard InChI is InChI=1S/C12H18N2O3S/c1-17-12(15)9-5-3-6-10(13)11(9)14-7-4-8-18(2)16/h3,5-6,14H,4,7-8,13H2,1-2H3. The van der Waals surface area contributed by atoms with E-state index in [1.54, 1.807) is 24.5 Å². The lowest BCUT2D eigenvalue weighted by atomic mass is 10.1. The molecule has 0 saturated heterocycles. The van der Waals surface area contributed by atoms with Gasteiger partial charge in [0, 0.05) is 29.4 Å². The lowest BCUT2D eigenvalue weighted by Crippen LogP contribution is -2.12. The van der Waals surface area contributed by atoms with E-state index in [1.807, 2.05) is 0 Å². The zero-order chi connectivity index (χ0) is 13.5. The summed E-state index contributed by atoms with van der Waals surface area (Å²) in [4.78, 5) is 11.6. The number of nitrogen functional groups attached to an aromatic ring is 1. The summed E-state index contributed by atoms with van der Waals surface area (Å²) in [6, 6.07) is 5.07. The third kappa shape index (κ3) is 4.03. The van der Waals surface area contributed by atoms with E-state index in [0.717, 1.165) is 6.42 Å². The zero-order valence-corrected chi connectivity index (χ0v) is 11.4. The van der Waals surface area contributed by atoms with Crippen LogP contribution in [-0.2, 0) is 15.5 Å². The molecular weight excluding hydrogens is 252 g/mol. The van der Waals surface area contributed by atoms with Crippen molar-refractivity contribution in [3.8, 4) is 0 Å². The Morgan fingerprint density at radius 3 is 2.83 bits per heavy atom. The number of benzene rings is 1. The Labute approximate surface area is 109 Å². The van der Waals surface area contributed by atoms with Crippen LogP contribution in [0.5, 0.6) is 0 Å². The van der Waals surface area contributed by atoms with Gasteiger partial charge < -0.3 is 15.8 Å². The molecule has 18 heavy (non-hydrogen) atoms. The smallest absolute Gasteiger partial charge is 0.340 e. The van der Waals surface area contributed by atoms with Crippen LogP contribution in [0.2, 0.25) is 0 Å². The van der Waals surface area contributed by atoms with Gasteiger partial charge in [-0.05, 0) is 18.6 Å². The van der Waals surface area contributed by atoms with Gasteiger partial charge >= 0.3 is 5.97 Å². The molecule has 0 aliphatic carbocycles. The minimum absolute atomic E-state index is 0.412. The monoisotopic (exact) mass is 270 g/mol. The molecule has 1 rings (SSSR count). The number of ether oxygens (including phenoxy) is 1. The van der Waals surface area contributed by atoms with Gasteiger partial charge in [0.05, 0.1) is 24.0 Å². The van der Waals surface area contributed by atoms with Crippen LogP contribution in [0.1, 0.15) is 16.8 Å². The second kappa shape index (κ2) is 7.00. The third-order valence-corrected chi connectivity index (χ3v) is 3.28. The molecule has 0 aliphatic heterocycles. The lowest BCUT2D eigenvalue weighted by Gasteiger charge is -2.12. The first-order valence-electron chi connectivity index (χ1n) is 5.57. The highest BCUT2D eigenvalue weighted by atomic mass is 32.2. The van der Waals surface area contributed by atoms with E-state index in [1.165, 1.54) is 7.11 Å². The number of methoxy groups -OCH3 is 1. The summed E-state index contributed by atoms with van der Waals surface area (Å²) in [5.74, 6) is 0.191. The highest BCUT2D eigenvalue weighted by Crippen LogP contribution is 2.24. The fourth-order valence-electron chi connectivity index (χ4n) is 1.54. The van der Waals surface area contributed by atoms with Crippen molar-refractivity contribution in [3.63, 3.8) is 0 Å². The van der Waals surface area contributed by atoms with Crippen molar-refractivity contribution >= 4 is 28.1 Å². The molecule has 5 nitrogen and oxygen atoms in total. The molecule has 0 bridgehead atoms. The number of carbonyl (C=O) groups excluding carboxylic acids is 1. The average Bonchev–Trinajstić information content (AvgIpc) is 2.34. The highest BCUT2D eigenvalue weighted by molar-refractivity contribution is 7.84. The van der Waals surface area contributed by atoms with Crippen molar-refractivity contribution in [2.75, 3.05) is 36.7 Å². The number of rotatable bonds is 6. The fourth-order valence-corrected chi connectivity index (χ4v) is 2.09. The maximum Gasteiger partial charge on any atom is 0.340 e. The Morgan fingerprint density at radius 2 is 2.22 bits per heavy atom. The molecule has 100 valence electrons. The molecule has 6 heteroatoms. The second-order valence-corrected chi connectivity index (χ2v) is 5.37. The van der Waals surface area contributed by atoms with Gasteiger partial charge in [0.25, 0.3) is 0 Å². The molecule has 0 radical (unpaired) electrons. The van der Waals surface area contributed by atoms with E-state index in [0.29, 0.717) is 29.2 Å². The predicted octanol–water partition coefficient (Wildman–Crippen LogP) is 1.24. The first kappa shape index (κ1) is 14.5. The van der Waals surface area contributed by atoms with Gasteiger partial charge in [0.15, 0.2) is 0 Å². The van der Waals surface area contributed by atoms with Crippen LogP contribution >= 0.6 is 0 Å². The van der Waals surface area contributed by atoms with Gasteiger partial charge in [-0.2, -0.15) is 0 Å². The van der Waals surface area contributed by atoms with Crippen LogP contribution in [0.4, 0.5) is 11.4 Å². The Kier molecular flexibility index (Phi) is 5.64. The van der Waals surface area contributed by atoms with Gasteiger partial charge in [-0.25, -0.2) is 4.79 Å². The highest BCUT2D eigenvalue weighted by Gasteiger charge is 2.13. The number of esters is 1. The maximum atomic E-state index is 11.6. The molecule has 3 N–H and O–H groups in total. The largest absolute Gasteiger partial charge is 0.465 e. The van der Waals surface area contributed by atoms with E-state index in [-0.39, 0.29) is 0 Å². The summed E-state index contributed by atoms with van der Waals surface area (Å²) in [5.41, 5.74) is 7.31. The molecule has 1 atom stereocenters. The van der Waals surface area contributed by atoms with Crippen LogP contribution in [0.15, 0.2) is 18.2 Å². The number of anilines is 2. The molecule has 0 aliphatic rings. The van der Waals surface area contributed by atoms with Crippen molar-refractivity contribution in [2.45, 2.75) is 6.42 Å². The first-order chi connectivity index (χ1) is 8.56. The Balaban J connectivity index is 2.74. The molecule has 0 heterocycles. The molecule has 1 unspecified atom stereocenters. The molecule has 0 spiro atoms. The van der Waals surface area contributed by atoms with E-state index in [2.05, 4.69) is 5.32 Å². The molecule has 0 saturated carbocycles. The number of para-hydroxylation sites is 1. The Hall–Kier alpha value is -1.56. The Bertz CT molecular complexity index is 449. The summed E-state index contributed by atoms with van der Waals surface area (Å²) >= 11 is 0.